The summed E-state index contributed by atoms with van der Waals surface area (Å²) in [6.07, 6.45) is 4.70. The molecule has 0 atom stereocenters. The van der Waals surface area contributed by atoms with E-state index in [0.717, 1.165) is 36.0 Å². The number of hydrogen-bond donors (Lipinski definition) is 0. The van der Waals surface area contributed by atoms with Crippen LogP contribution in [-0.4, -0.2) is 19.6 Å². The maximum Gasteiger partial charge on any atom is 0.164 e. The molecule has 3 aromatic rings. The van der Waals surface area contributed by atoms with Crippen LogP contribution in [0.15, 0.2) is 14.6 Å². The van der Waals surface area contributed by atoms with Gasteiger partial charge in [-0.25, -0.2) is 14.5 Å². The highest BCUT2D eigenvalue weighted by molar-refractivity contribution is 9.11. The van der Waals surface area contributed by atoms with E-state index >= 15 is 0 Å². The molecule has 0 spiro atoms. The Kier molecular flexibility index (Phi) is 5.96. The third-order valence-electron chi connectivity index (χ3n) is 4.40. The van der Waals surface area contributed by atoms with Crippen molar-refractivity contribution in [2.24, 2.45) is 0 Å². The molecule has 134 valence electrons. The second-order valence-electron chi connectivity index (χ2n) is 6.38. The Morgan fingerprint density at radius 3 is 2.36 bits per heavy atom. The van der Waals surface area contributed by atoms with Crippen molar-refractivity contribution in [3.05, 3.63) is 31.7 Å². The van der Waals surface area contributed by atoms with E-state index in [0.29, 0.717) is 5.92 Å². The summed E-state index contributed by atoms with van der Waals surface area (Å²) in [7, 11) is 0. The zero-order chi connectivity index (χ0) is 18.1. The number of nitrogens with zero attached hydrogens (tertiary/aromatic N) is 4. The van der Waals surface area contributed by atoms with Gasteiger partial charge in [-0.2, -0.15) is 5.10 Å². The molecule has 0 aliphatic carbocycles. The lowest BCUT2D eigenvalue weighted by Gasteiger charge is -2.17. The van der Waals surface area contributed by atoms with Crippen molar-refractivity contribution in [1.29, 1.82) is 0 Å². The lowest BCUT2D eigenvalue weighted by molar-refractivity contribution is 0.533. The molecule has 0 aliphatic rings. The Morgan fingerprint density at radius 1 is 1.12 bits per heavy atom. The van der Waals surface area contributed by atoms with Crippen LogP contribution in [0.4, 0.5) is 0 Å². The van der Waals surface area contributed by atoms with Gasteiger partial charge in [0.25, 0.3) is 0 Å². The third-order valence-corrected chi connectivity index (χ3v) is 6.76. The van der Waals surface area contributed by atoms with Crippen molar-refractivity contribution in [3.63, 3.8) is 0 Å². The van der Waals surface area contributed by atoms with Crippen LogP contribution < -0.4 is 0 Å². The van der Waals surface area contributed by atoms with Crippen LogP contribution in [0.5, 0.6) is 0 Å². The Balaban J connectivity index is 2.25. The van der Waals surface area contributed by atoms with Gasteiger partial charge in [-0.3, -0.25) is 0 Å². The van der Waals surface area contributed by atoms with Gasteiger partial charge in [-0.05, 0) is 64.6 Å². The monoisotopic (exact) mass is 484 g/mol. The molecule has 0 radical (unpaired) electrons. The molecule has 0 amide bonds. The fourth-order valence-electron chi connectivity index (χ4n) is 3.40. The molecule has 0 saturated heterocycles. The first kappa shape index (κ1) is 19.0. The summed E-state index contributed by atoms with van der Waals surface area (Å²) in [6, 6.07) is 2.21. The fourth-order valence-corrected chi connectivity index (χ4v) is 5.81. The van der Waals surface area contributed by atoms with Gasteiger partial charge < -0.3 is 0 Å². The maximum atomic E-state index is 4.86. The SMILES string of the molecule is CCCC(CCC)c1cc(C)nc2c(-c3sc(Br)nc3Br)c(C)nn12. The van der Waals surface area contributed by atoms with E-state index in [1.54, 1.807) is 11.3 Å². The second kappa shape index (κ2) is 7.84. The second-order valence-corrected chi connectivity index (χ2v) is 9.41. The third kappa shape index (κ3) is 3.69. The molecule has 25 heavy (non-hydrogen) atoms. The highest BCUT2D eigenvalue weighted by Crippen LogP contribution is 2.40. The molecule has 7 heteroatoms. The molecule has 0 saturated carbocycles. The molecule has 0 unspecified atom stereocenters. The van der Waals surface area contributed by atoms with Crippen LogP contribution in [0.25, 0.3) is 16.1 Å². The van der Waals surface area contributed by atoms with Crippen molar-refractivity contribution in [3.8, 4) is 10.4 Å². The molecular weight excluding hydrogens is 464 g/mol. The van der Waals surface area contributed by atoms with Crippen molar-refractivity contribution in [2.45, 2.75) is 59.3 Å². The zero-order valence-electron chi connectivity index (χ0n) is 14.9. The Bertz CT molecular complexity index is 894. The van der Waals surface area contributed by atoms with Crippen LogP contribution in [0, 0.1) is 13.8 Å². The molecule has 0 aliphatic heterocycles. The predicted octanol–water partition coefficient (Wildman–Crippen LogP) is 6.68. The summed E-state index contributed by atoms with van der Waals surface area (Å²) < 4.78 is 3.76. The minimum Gasteiger partial charge on any atom is -0.233 e. The van der Waals surface area contributed by atoms with Crippen LogP contribution in [0.2, 0.25) is 0 Å². The average molecular weight is 486 g/mol. The van der Waals surface area contributed by atoms with E-state index in [4.69, 9.17) is 10.1 Å². The zero-order valence-corrected chi connectivity index (χ0v) is 18.9. The highest BCUT2D eigenvalue weighted by atomic mass is 79.9. The number of fused-ring (bicyclic) bond motifs is 1. The molecule has 3 rings (SSSR count). The minimum atomic E-state index is 0.517. The van der Waals surface area contributed by atoms with Crippen LogP contribution in [0.1, 0.15) is 62.5 Å². The summed E-state index contributed by atoms with van der Waals surface area (Å²) >= 11 is 8.67. The van der Waals surface area contributed by atoms with Gasteiger partial charge >= 0.3 is 0 Å². The van der Waals surface area contributed by atoms with E-state index in [-0.39, 0.29) is 0 Å². The quantitative estimate of drug-likeness (QED) is 0.391. The Morgan fingerprint density at radius 2 is 1.80 bits per heavy atom. The fraction of sp³-hybridized carbons (Fsp3) is 0.500. The molecule has 3 aromatic heterocycles. The number of aromatic nitrogens is 4. The first-order valence-electron chi connectivity index (χ1n) is 8.65. The topological polar surface area (TPSA) is 43.1 Å². The summed E-state index contributed by atoms with van der Waals surface area (Å²) in [5.74, 6) is 0.517. The van der Waals surface area contributed by atoms with Gasteiger partial charge in [0.2, 0.25) is 0 Å². The molecule has 4 nitrogen and oxygen atoms in total. The van der Waals surface area contributed by atoms with E-state index in [1.165, 1.54) is 31.4 Å². The van der Waals surface area contributed by atoms with Gasteiger partial charge in [0.15, 0.2) is 9.56 Å². The molecule has 0 aromatic carbocycles. The van der Waals surface area contributed by atoms with Crippen molar-refractivity contribution >= 4 is 48.8 Å². The molecular formula is C18H22Br2N4S. The van der Waals surface area contributed by atoms with E-state index in [9.17, 15) is 0 Å². The molecule has 0 N–H and O–H groups in total. The average Bonchev–Trinajstić information content (AvgIpc) is 3.04. The standard InChI is InChI=1S/C18H22Br2N4S/c1-5-7-12(8-6-2)13-9-10(3)21-17-14(11(4)23-24(13)17)15-16(19)22-18(20)25-15/h9,12H,5-8H2,1-4H3. The summed E-state index contributed by atoms with van der Waals surface area (Å²) in [6.45, 7) is 8.62. The normalized spacial score (nSPS) is 11.8. The number of halogens is 2. The lowest BCUT2D eigenvalue weighted by atomic mass is 9.94. The van der Waals surface area contributed by atoms with E-state index < -0.39 is 0 Å². The van der Waals surface area contributed by atoms with Crippen molar-refractivity contribution < 1.29 is 0 Å². The molecule has 0 fully saturated rings. The first-order valence-corrected chi connectivity index (χ1v) is 11.1. The smallest absolute Gasteiger partial charge is 0.164 e. The summed E-state index contributed by atoms with van der Waals surface area (Å²) in [4.78, 5) is 10.3. The van der Waals surface area contributed by atoms with Crippen LogP contribution in [-0.2, 0) is 0 Å². The van der Waals surface area contributed by atoms with Crippen LogP contribution >= 0.6 is 43.2 Å². The minimum absolute atomic E-state index is 0.517. The Labute approximate surface area is 169 Å². The van der Waals surface area contributed by atoms with Gasteiger partial charge in [-0.1, -0.05) is 26.7 Å². The number of hydrogen-bond acceptors (Lipinski definition) is 4. The van der Waals surface area contributed by atoms with E-state index in [2.05, 4.69) is 75.1 Å². The molecule has 0 bridgehead atoms. The van der Waals surface area contributed by atoms with Gasteiger partial charge in [0, 0.05) is 17.3 Å². The van der Waals surface area contributed by atoms with E-state index in [1.807, 2.05) is 0 Å². The number of thiazole rings is 1. The van der Waals surface area contributed by atoms with Gasteiger partial charge in [0.05, 0.1) is 16.1 Å². The van der Waals surface area contributed by atoms with Crippen LogP contribution in [0.3, 0.4) is 0 Å². The summed E-state index contributed by atoms with van der Waals surface area (Å²) in [5.41, 5.74) is 5.32. The predicted molar refractivity (Wildman–Crippen MR) is 112 cm³/mol. The largest absolute Gasteiger partial charge is 0.233 e. The lowest BCUT2D eigenvalue weighted by Crippen LogP contribution is -2.08. The number of rotatable bonds is 6. The van der Waals surface area contributed by atoms with Crippen molar-refractivity contribution in [1.82, 2.24) is 19.6 Å². The Hall–Kier alpha value is -0.790. The first-order chi connectivity index (χ1) is 12.0. The highest BCUT2D eigenvalue weighted by Gasteiger charge is 2.23. The van der Waals surface area contributed by atoms with Crippen molar-refractivity contribution in [2.75, 3.05) is 0 Å². The molecule has 3 heterocycles. The maximum absolute atomic E-state index is 4.86. The summed E-state index contributed by atoms with van der Waals surface area (Å²) in [5, 5.41) is 4.86. The number of aryl methyl sites for hydroxylation is 2. The van der Waals surface area contributed by atoms with Gasteiger partial charge in [0.1, 0.15) is 4.60 Å². The van der Waals surface area contributed by atoms with Gasteiger partial charge in [-0.15, -0.1) is 11.3 Å².